The number of halogens is 2. The smallest absolute Gasteiger partial charge is 0.121 e. The molecule has 0 aromatic carbocycles. The summed E-state index contributed by atoms with van der Waals surface area (Å²) in [5.41, 5.74) is 1.98. The van der Waals surface area contributed by atoms with Crippen LogP contribution in [0.15, 0.2) is 4.47 Å². The van der Waals surface area contributed by atoms with Crippen LogP contribution in [0.1, 0.15) is 37.6 Å². The van der Waals surface area contributed by atoms with Crippen LogP contribution in [0.3, 0.4) is 0 Å². The van der Waals surface area contributed by atoms with Crippen molar-refractivity contribution in [2.75, 3.05) is 6.54 Å². The zero-order valence-electron chi connectivity index (χ0n) is 11.0. The minimum Gasteiger partial charge on any atom is -0.311 e. The summed E-state index contributed by atoms with van der Waals surface area (Å²) in [7, 11) is 1.89. The van der Waals surface area contributed by atoms with Gasteiger partial charge in [-0.25, -0.2) is 4.39 Å². The quantitative estimate of drug-likeness (QED) is 0.925. The normalized spacial score (nSPS) is 22.1. The molecule has 0 radical (unpaired) electrons. The third-order valence-corrected chi connectivity index (χ3v) is 4.59. The molecule has 3 nitrogen and oxygen atoms in total. The van der Waals surface area contributed by atoms with E-state index in [1.54, 1.807) is 4.68 Å². The number of aryl methyl sites for hydroxylation is 2. The second-order valence-electron chi connectivity index (χ2n) is 4.96. The van der Waals surface area contributed by atoms with Gasteiger partial charge in [0.1, 0.15) is 6.17 Å². The number of hydrogen-bond acceptors (Lipinski definition) is 2. The van der Waals surface area contributed by atoms with Crippen molar-refractivity contribution in [3.63, 3.8) is 0 Å². The lowest BCUT2D eigenvalue weighted by atomic mass is 9.98. The van der Waals surface area contributed by atoms with E-state index >= 15 is 0 Å². The van der Waals surface area contributed by atoms with Gasteiger partial charge in [0, 0.05) is 19.5 Å². The first-order valence-electron chi connectivity index (χ1n) is 6.71. The molecule has 0 amide bonds. The van der Waals surface area contributed by atoms with E-state index in [2.05, 4.69) is 33.3 Å². The Balaban J connectivity index is 2.06. The molecule has 1 aliphatic rings. The van der Waals surface area contributed by atoms with Crippen molar-refractivity contribution >= 4 is 15.9 Å². The Kier molecular flexibility index (Phi) is 4.78. The molecule has 1 aromatic rings. The molecule has 2 rings (SSSR count). The second kappa shape index (κ2) is 6.15. The summed E-state index contributed by atoms with van der Waals surface area (Å²) in [5.74, 6) is 0. The van der Waals surface area contributed by atoms with Gasteiger partial charge in [-0.3, -0.25) is 4.68 Å². The van der Waals surface area contributed by atoms with E-state index in [1.807, 2.05) is 7.05 Å². The molecular formula is C13H21BrFN3. The number of alkyl halides is 1. The lowest BCUT2D eigenvalue weighted by Crippen LogP contribution is -2.42. The maximum atomic E-state index is 14.3. The Morgan fingerprint density at radius 3 is 2.89 bits per heavy atom. The average Bonchev–Trinajstić information content (AvgIpc) is 2.67. The minimum atomic E-state index is -0.832. The zero-order valence-corrected chi connectivity index (χ0v) is 12.6. The van der Waals surface area contributed by atoms with Crippen LogP contribution >= 0.6 is 15.9 Å². The maximum Gasteiger partial charge on any atom is 0.121 e. The summed E-state index contributed by atoms with van der Waals surface area (Å²) in [5, 5.41) is 7.69. The van der Waals surface area contributed by atoms with Crippen molar-refractivity contribution < 1.29 is 4.39 Å². The lowest BCUT2D eigenvalue weighted by molar-refractivity contribution is 0.214. The van der Waals surface area contributed by atoms with Gasteiger partial charge in [-0.1, -0.05) is 13.3 Å². The van der Waals surface area contributed by atoms with Crippen LogP contribution in [0.2, 0.25) is 0 Å². The average molecular weight is 318 g/mol. The van der Waals surface area contributed by atoms with Crippen LogP contribution in [0.4, 0.5) is 4.39 Å². The number of nitrogens with one attached hydrogen (secondary N) is 1. The van der Waals surface area contributed by atoms with Gasteiger partial charge < -0.3 is 5.32 Å². The summed E-state index contributed by atoms with van der Waals surface area (Å²) < 4.78 is 17.1. The molecule has 2 heterocycles. The Labute approximate surface area is 116 Å². The molecule has 102 valence electrons. The molecule has 0 bridgehead atoms. The molecule has 1 aromatic heterocycles. The third kappa shape index (κ3) is 2.94. The first-order chi connectivity index (χ1) is 8.63. The number of hydrogen-bond donors (Lipinski definition) is 1. The van der Waals surface area contributed by atoms with E-state index in [-0.39, 0.29) is 6.04 Å². The number of piperidine rings is 1. The standard InChI is InChI=1S/C13H21BrFN3/c1-3-10-13(14)12(18(2)17-10)8-9(15)11-6-4-5-7-16-11/h9,11,16H,3-8H2,1-2H3. The number of rotatable bonds is 4. The van der Waals surface area contributed by atoms with Crippen LogP contribution < -0.4 is 5.32 Å². The van der Waals surface area contributed by atoms with Crippen molar-refractivity contribution in [1.29, 1.82) is 0 Å². The highest BCUT2D eigenvalue weighted by Crippen LogP contribution is 2.25. The Bertz CT molecular complexity index is 399. The fourth-order valence-electron chi connectivity index (χ4n) is 2.56. The first kappa shape index (κ1) is 14.0. The first-order valence-corrected chi connectivity index (χ1v) is 7.50. The van der Waals surface area contributed by atoms with Gasteiger partial charge in [0.25, 0.3) is 0 Å². The number of aromatic nitrogens is 2. The van der Waals surface area contributed by atoms with Crippen LogP contribution in [-0.4, -0.2) is 28.5 Å². The molecule has 1 fully saturated rings. The fraction of sp³-hybridized carbons (Fsp3) is 0.769. The third-order valence-electron chi connectivity index (χ3n) is 3.68. The van der Waals surface area contributed by atoms with Crippen LogP contribution in [0.25, 0.3) is 0 Å². The van der Waals surface area contributed by atoms with Crippen molar-refractivity contribution in [3.05, 3.63) is 15.9 Å². The molecule has 18 heavy (non-hydrogen) atoms. The van der Waals surface area contributed by atoms with Gasteiger partial charge in [-0.05, 0) is 41.7 Å². The second-order valence-corrected chi connectivity index (χ2v) is 5.75. The van der Waals surface area contributed by atoms with E-state index in [0.717, 1.165) is 41.7 Å². The summed E-state index contributed by atoms with van der Waals surface area (Å²) in [4.78, 5) is 0. The van der Waals surface area contributed by atoms with Gasteiger partial charge in [0.05, 0.1) is 15.9 Å². The van der Waals surface area contributed by atoms with E-state index in [4.69, 9.17) is 0 Å². The highest BCUT2D eigenvalue weighted by atomic mass is 79.9. The Morgan fingerprint density at radius 2 is 2.33 bits per heavy atom. The van der Waals surface area contributed by atoms with Gasteiger partial charge in [0.15, 0.2) is 0 Å². The van der Waals surface area contributed by atoms with E-state index in [1.165, 1.54) is 6.42 Å². The fourth-order valence-corrected chi connectivity index (χ4v) is 3.33. The SMILES string of the molecule is CCc1nn(C)c(CC(F)C2CCCCN2)c1Br. The predicted molar refractivity (Wildman–Crippen MR) is 74.5 cm³/mol. The highest BCUT2D eigenvalue weighted by Gasteiger charge is 2.25. The zero-order chi connectivity index (χ0) is 13.1. The van der Waals surface area contributed by atoms with Gasteiger partial charge in [-0.15, -0.1) is 0 Å². The topological polar surface area (TPSA) is 29.9 Å². The molecule has 2 atom stereocenters. The number of nitrogens with zero attached hydrogens (tertiary/aromatic N) is 2. The van der Waals surface area contributed by atoms with E-state index in [0.29, 0.717) is 6.42 Å². The van der Waals surface area contributed by atoms with Crippen molar-refractivity contribution in [1.82, 2.24) is 15.1 Å². The molecule has 0 spiro atoms. The molecular weight excluding hydrogens is 297 g/mol. The van der Waals surface area contributed by atoms with E-state index < -0.39 is 6.17 Å². The van der Waals surface area contributed by atoms with Crippen molar-refractivity contribution in [3.8, 4) is 0 Å². The highest BCUT2D eigenvalue weighted by molar-refractivity contribution is 9.10. The van der Waals surface area contributed by atoms with E-state index in [9.17, 15) is 4.39 Å². The summed E-state index contributed by atoms with van der Waals surface area (Å²) in [6, 6.07) is 0.00521. The van der Waals surface area contributed by atoms with Crippen molar-refractivity contribution in [2.24, 2.45) is 7.05 Å². The molecule has 1 saturated heterocycles. The molecule has 1 aliphatic heterocycles. The summed E-state index contributed by atoms with van der Waals surface area (Å²) >= 11 is 3.54. The predicted octanol–water partition coefficient (Wildman–Crippen LogP) is 2.77. The molecule has 5 heteroatoms. The van der Waals surface area contributed by atoms with Crippen LogP contribution in [0.5, 0.6) is 0 Å². The Morgan fingerprint density at radius 1 is 1.56 bits per heavy atom. The monoisotopic (exact) mass is 317 g/mol. The molecule has 1 N–H and O–H groups in total. The summed E-state index contributed by atoms with van der Waals surface area (Å²) in [6.45, 7) is 3.00. The van der Waals surface area contributed by atoms with Crippen LogP contribution in [0, 0.1) is 0 Å². The molecule has 2 unspecified atom stereocenters. The largest absolute Gasteiger partial charge is 0.311 e. The molecule has 0 aliphatic carbocycles. The maximum absolute atomic E-state index is 14.3. The molecule has 0 saturated carbocycles. The Hall–Kier alpha value is -0.420. The van der Waals surface area contributed by atoms with Crippen molar-refractivity contribution in [2.45, 2.75) is 51.2 Å². The minimum absolute atomic E-state index is 0.00521. The van der Waals surface area contributed by atoms with Gasteiger partial charge in [0.2, 0.25) is 0 Å². The van der Waals surface area contributed by atoms with Gasteiger partial charge in [-0.2, -0.15) is 5.10 Å². The van der Waals surface area contributed by atoms with Crippen LogP contribution in [-0.2, 0) is 19.9 Å². The lowest BCUT2D eigenvalue weighted by Gasteiger charge is -2.26. The summed E-state index contributed by atoms with van der Waals surface area (Å²) in [6.07, 6.45) is 3.71. The van der Waals surface area contributed by atoms with Gasteiger partial charge >= 0.3 is 0 Å².